The van der Waals surface area contributed by atoms with Crippen LogP contribution in [0.3, 0.4) is 0 Å². The molecule has 0 amide bonds. The predicted molar refractivity (Wildman–Crippen MR) is 46.2 cm³/mol. The van der Waals surface area contributed by atoms with Gasteiger partial charge in [-0.3, -0.25) is 0 Å². The second-order valence-electron chi connectivity index (χ2n) is 0. The number of rotatable bonds is 0. The molecule has 0 aliphatic heterocycles. The van der Waals surface area contributed by atoms with E-state index >= 15 is 0 Å². The van der Waals surface area contributed by atoms with E-state index in [2.05, 4.69) is 0 Å². The molecule has 0 unspecified atom stereocenters. The summed E-state index contributed by atoms with van der Waals surface area (Å²) in [5, 5.41) is 0. The molecule has 0 bridgehead atoms. The fraction of sp³-hybridized carbons (Fsp3) is 0. The Morgan fingerprint density at radius 1 is 0.667 bits per heavy atom. The maximum atomic E-state index is 0. The molecule has 0 fully saturated rings. The summed E-state index contributed by atoms with van der Waals surface area (Å²) in [5.41, 5.74) is 0. The van der Waals surface area contributed by atoms with Gasteiger partial charge in [-0.2, -0.15) is 0 Å². The molecule has 0 saturated carbocycles. The SMILES string of the molecule is I.I.I.[Rh].[Ru].[Ti]. The summed E-state index contributed by atoms with van der Waals surface area (Å²) in [7, 11) is 0. The van der Waals surface area contributed by atoms with Gasteiger partial charge in [0, 0.05) is 60.7 Å². The summed E-state index contributed by atoms with van der Waals surface area (Å²) >= 11 is 0. The average molecular weight is 636 g/mol. The molecule has 0 atom stereocenters. The largest absolute Gasteiger partial charge is 0.107 e. The molecule has 0 aliphatic carbocycles. The zero-order valence-electron chi connectivity index (χ0n) is 2.41. The molecule has 6 heteroatoms. The number of hydrogen-bond acceptors (Lipinski definition) is 0. The molecule has 0 spiro atoms. The van der Waals surface area contributed by atoms with Crippen molar-refractivity contribution in [3.8, 4) is 0 Å². The van der Waals surface area contributed by atoms with Crippen molar-refractivity contribution in [1.29, 1.82) is 0 Å². The van der Waals surface area contributed by atoms with Crippen LogP contribution in [0.2, 0.25) is 0 Å². The predicted octanol–water partition coefficient (Wildman–Crippen LogP) is 1.85. The molecule has 0 aromatic heterocycles. The molecule has 0 aliphatic rings. The van der Waals surface area contributed by atoms with E-state index in [0.29, 0.717) is 0 Å². The van der Waals surface area contributed by atoms with E-state index in [1.165, 1.54) is 0 Å². The Bertz CT molecular complexity index is 10.8. The van der Waals surface area contributed by atoms with Gasteiger partial charge in [-0.1, -0.05) is 0 Å². The van der Waals surface area contributed by atoms with Crippen LogP contribution < -0.4 is 0 Å². The minimum absolute atomic E-state index is 0. The van der Waals surface area contributed by atoms with E-state index in [-0.39, 0.29) is 133 Å². The minimum Gasteiger partial charge on any atom is -0.107 e. The van der Waals surface area contributed by atoms with Crippen molar-refractivity contribution < 1.29 is 60.7 Å². The first-order valence-corrected chi connectivity index (χ1v) is 0. The van der Waals surface area contributed by atoms with Crippen LogP contribution in [0.1, 0.15) is 0 Å². The average Bonchev–Trinajstić information content (AvgIpc) is 0. The maximum absolute atomic E-state index is 0. The summed E-state index contributed by atoms with van der Waals surface area (Å²) in [6, 6.07) is 0. The summed E-state index contributed by atoms with van der Waals surface area (Å²) in [4.78, 5) is 0. The third kappa shape index (κ3) is 24.2. The maximum Gasteiger partial charge on any atom is 0 e. The van der Waals surface area contributed by atoms with Crippen molar-refractivity contribution in [2.24, 2.45) is 0 Å². The van der Waals surface area contributed by atoms with E-state index in [1.54, 1.807) is 0 Å². The van der Waals surface area contributed by atoms with Gasteiger partial charge in [0.25, 0.3) is 0 Å². The molecule has 0 rings (SSSR count). The van der Waals surface area contributed by atoms with Gasteiger partial charge >= 0.3 is 0 Å². The zero-order chi connectivity index (χ0) is 0. The van der Waals surface area contributed by atoms with Crippen molar-refractivity contribution in [3.63, 3.8) is 0 Å². The Balaban J connectivity index is 0. The zero-order valence-corrected chi connectivity index (χ0v) is 14.3. The van der Waals surface area contributed by atoms with Crippen LogP contribution in [0.15, 0.2) is 0 Å². The summed E-state index contributed by atoms with van der Waals surface area (Å²) in [6.45, 7) is 0. The van der Waals surface area contributed by atoms with Crippen molar-refractivity contribution in [2.75, 3.05) is 0 Å². The molecular weight excluding hydrogens is 633 g/mol. The van der Waals surface area contributed by atoms with Gasteiger partial charge in [-0.25, -0.2) is 0 Å². The van der Waals surface area contributed by atoms with Crippen molar-refractivity contribution in [2.45, 2.75) is 0 Å². The van der Waals surface area contributed by atoms with Crippen LogP contribution in [-0.4, -0.2) is 0 Å². The molecule has 0 aromatic rings. The van der Waals surface area contributed by atoms with E-state index < -0.39 is 0 Å². The first-order chi connectivity index (χ1) is 0. The molecule has 0 aromatic carbocycles. The van der Waals surface area contributed by atoms with Gasteiger partial charge in [0.15, 0.2) is 0 Å². The fourth-order valence-electron chi connectivity index (χ4n) is 0. The molecule has 1 radical (unpaired) electrons. The Morgan fingerprint density at radius 2 is 0.667 bits per heavy atom. The number of hydrogen-bond donors (Lipinski definition) is 0. The Labute approximate surface area is 130 Å². The third-order valence-electron chi connectivity index (χ3n) is 0. The topological polar surface area (TPSA) is 0 Å². The van der Waals surface area contributed by atoms with E-state index in [1.807, 2.05) is 0 Å². The summed E-state index contributed by atoms with van der Waals surface area (Å²) in [5.74, 6) is 0. The Morgan fingerprint density at radius 3 is 0.667 bits per heavy atom. The molecule has 0 heterocycles. The first kappa shape index (κ1) is 49.3. The monoisotopic (exact) mass is 636 g/mol. The second kappa shape index (κ2) is 35.3. The Kier molecular flexibility index (Phi) is 290. The van der Waals surface area contributed by atoms with E-state index in [0.717, 1.165) is 0 Å². The van der Waals surface area contributed by atoms with Gasteiger partial charge < -0.3 is 0 Å². The van der Waals surface area contributed by atoms with Gasteiger partial charge in [0.1, 0.15) is 0 Å². The van der Waals surface area contributed by atoms with Crippen LogP contribution >= 0.6 is 71.9 Å². The molecule has 45 valence electrons. The van der Waals surface area contributed by atoms with Crippen molar-refractivity contribution in [3.05, 3.63) is 0 Å². The summed E-state index contributed by atoms with van der Waals surface area (Å²) in [6.07, 6.45) is 0. The van der Waals surface area contributed by atoms with E-state index in [9.17, 15) is 0 Å². The standard InChI is InChI=1S/3HI.Rh.Ru.Ti/h3*1H;;;. The second-order valence-corrected chi connectivity index (χ2v) is 0. The molecule has 0 saturated heterocycles. The van der Waals surface area contributed by atoms with Crippen molar-refractivity contribution in [1.82, 2.24) is 0 Å². The van der Waals surface area contributed by atoms with Crippen LogP contribution in [0, 0.1) is 0 Å². The van der Waals surface area contributed by atoms with Crippen LogP contribution in [-0.2, 0) is 60.7 Å². The van der Waals surface area contributed by atoms with Gasteiger partial charge in [-0.05, 0) is 0 Å². The van der Waals surface area contributed by atoms with Crippen LogP contribution in [0.25, 0.3) is 0 Å². The quantitative estimate of drug-likeness (QED) is 0.282. The molecule has 0 nitrogen and oxygen atoms in total. The third-order valence-corrected chi connectivity index (χ3v) is 0. The van der Waals surface area contributed by atoms with Gasteiger partial charge in [-0.15, -0.1) is 71.9 Å². The number of halogens is 3. The molecule has 6 heavy (non-hydrogen) atoms. The van der Waals surface area contributed by atoms with Crippen LogP contribution in [0.4, 0.5) is 0 Å². The Hall–Kier alpha value is 4.15. The van der Waals surface area contributed by atoms with Gasteiger partial charge in [0.2, 0.25) is 0 Å². The van der Waals surface area contributed by atoms with Crippen molar-refractivity contribution >= 4 is 71.9 Å². The summed E-state index contributed by atoms with van der Waals surface area (Å²) < 4.78 is 0. The van der Waals surface area contributed by atoms with Crippen LogP contribution in [0.5, 0.6) is 0 Å². The molecular formula is H3I3RhRuTi. The van der Waals surface area contributed by atoms with Gasteiger partial charge in [0.05, 0.1) is 0 Å². The fourth-order valence-corrected chi connectivity index (χ4v) is 0. The molecule has 0 N–H and O–H groups in total. The first-order valence-electron chi connectivity index (χ1n) is 0. The smallest absolute Gasteiger partial charge is 0 e. The normalized spacial score (nSPS) is 0. The minimum atomic E-state index is 0. The van der Waals surface area contributed by atoms with E-state index in [4.69, 9.17) is 0 Å².